The lowest BCUT2D eigenvalue weighted by molar-refractivity contribution is -0.137. The summed E-state index contributed by atoms with van der Waals surface area (Å²) >= 11 is 0. The van der Waals surface area contributed by atoms with E-state index < -0.39 is 5.97 Å². The van der Waals surface area contributed by atoms with Crippen LogP contribution in [0.3, 0.4) is 0 Å². The van der Waals surface area contributed by atoms with Crippen molar-refractivity contribution in [2.24, 2.45) is 0 Å². The van der Waals surface area contributed by atoms with Gasteiger partial charge in [0.15, 0.2) is 0 Å². The molecule has 2 aliphatic heterocycles. The van der Waals surface area contributed by atoms with E-state index in [-0.39, 0.29) is 6.42 Å². The quantitative estimate of drug-likeness (QED) is 0.756. The average Bonchev–Trinajstić information content (AvgIpc) is 2.98. The van der Waals surface area contributed by atoms with Crippen molar-refractivity contribution < 1.29 is 14.6 Å². The second-order valence-electron chi connectivity index (χ2n) is 5.46. The van der Waals surface area contributed by atoms with Gasteiger partial charge in [-0.2, -0.15) is 0 Å². The van der Waals surface area contributed by atoms with Gasteiger partial charge in [-0.15, -0.1) is 0 Å². The molecule has 0 aliphatic carbocycles. The smallest absolute Gasteiger partial charge is 0.304 e. The van der Waals surface area contributed by atoms with Gasteiger partial charge in [-0.1, -0.05) is 0 Å². The van der Waals surface area contributed by atoms with E-state index in [0.29, 0.717) is 18.7 Å². The first-order valence-corrected chi connectivity index (χ1v) is 6.91. The molecule has 0 spiro atoms. The highest BCUT2D eigenvalue weighted by Gasteiger charge is 2.28. The SMILES string of the molecule is CN(CCC(=O)O)C1CCN(CC2CCCO2)C1. The molecule has 2 unspecified atom stereocenters. The number of aliphatic carboxylic acids is 1. The van der Waals surface area contributed by atoms with Crippen LogP contribution in [0.2, 0.25) is 0 Å². The molecule has 104 valence electrons. The summed E-state index contributed by atoms with van der Waals surface area (Å²) in [6, 6.07) is 0.505. The van der Waals surface area contributed by atoms with Gasteiger partial charge in [0.05, 0.1) is 12.5 Å². The summed E-state index contributed by atoms with van der Waals surface area (Å²) < 4.78 is 5.66. The van der Waals surface area contributed by atoms with E-state index in [4.69, 9.17) is 9.84 Å². The van der Waals surface area contributed by atoms with Crippen molar-refractivity contribution in [2.45, 2.75) is 37.8 Å². The molecule has 0 aromatic carbocycles. The third kappa shape index (κ3) is 3.93. The number of ether oxygens (including phenoxy) is 1. The first-order chi connectivity index (χ1) is 8.65. The molecule has 0 radical (unpaired) electrons. The van der Waals surface area contributed by atoms with Crippen molar-refractivity contribution >= 4 is 5.97 Å². The van der Waals surface area contributed by atoms with Gasteiger partial charge in [-0.25, -0.2) is 0 Å². The van der Waals surface area contributed by atoms with Crippen molar-refractivity contribution in [3.63, 3.8) is 0 Å². The molecule has 2 aliphatic rings. The second-order valence-corrected chi connectivity index (χ2v) is 5.46. The summed E-state index contributed by atoms with van der Waals surface area (Å²) in [5, 5.41) is 8.69. The summed E-state index contributed by atoms with van der Waals surface area (Å²) in [7, 11) is 2.03. The number of hydrogen-bond acceptors (Lipinski definition) is 4. The highest BCUT2D eigenvalue weighted by Crippen LogP contribution is 2.19. The fraction of sp³-hybridized carbons (Fsp3) is 0.923. The van der Waals surface area contributed by atoms with Crippen LogP contribution in [0.1, 0.15) is 25.7 Å². The van der Waals surface area contributed by atoms with Crippen molar-refractivity contribution in [1.82, 2.24) is 9.80 Å². The molecule has 0 aromatic heterocycles. The van der Waals surface area contributed by atoms with Gasteiger partial charge in [0, 0.05) is 32.3 Å². The molecule has 18 heavy (non-hydrogen) atoms. The Morgan fingerprint density at radius 3 is 3.00 bits per heavy atom. The molecular formula is C13H24N2O3. The molecule has 2 saturated heterocycles. The van der Waals surface area contributed by atoms with Gasteiger partial charge in [-0.05, 0) is 32.9 Å². The molecule has 5 nitrogen and oxygen atoms in total. The van der Waals surface area contributed by atoms with Gasteiger partial charge >= 0.3 is 5.97 Å². The van der Waals surface area contributed by atoms with E-state index in [9.17, 15) is 4.79 Å². The monoisotopic (exact) mass is 256 g/mol. The Kier molecular flexibility index (Phi) is 4.97. The number of rotatable bonds is 6. The number of nitrogens with zero attached hydrogens (tertiary/aromatic N) is 2. The van der Waals surface area contributed by atoms with Crippen molar-refractivity contribution in [1.29, 1.82) is 0 Å². The lowest BCUT2D eigenvalue weighted by Crippen LogP contribution is -2.37. The van der Waals surface area contributed by atoms with Gasteiger partial charge in [-0.3, -0.25) is 9.69 Å². The standard InChI is InChI=1S/C13H24N2O3/c1-14(6-5-13(16)17)11-4-7-15(9-11)10-12-3-2-8-18-12/h11-12H,2-10H2,1H3,(H,16,17). The first-order valence-electron chi connectivity index (χ1n) is 6.91. The minimum atomic E-state index is -0.712. The molecular weight excluding hydrogens is 232 g/mol. The van der Waals surface area contributed by atoms with Crippen LogP contribution in [-0.2, 0) is 9.53 Å². The highest BCUT2D eigenvalue weighted by molar-refractivity contribution is 5.66. The van der Waals surface area contributed by atoms with Crippen molar-refractivity contribution in [3.8, 4) is 0 Å². The molecule has 0 amide bonds. The predicted octanol–water partition coefficient (Wildman–Crippen LogP) is 0.646. The minimum absolute atomic E-state index is 0.235. The lowest BCUT2D eigenvalue weighted by atomic mass is 10.2. The zero-order chi connectivity index (χ0) is 13.0. The van der Waals surface area contributed by atoms with Gasteiger partial charge in [0.2, 0.25) is 0 Å². The molecule has 0 bridgehead atoms. The van der Waals surface area contributed by atoms with E-state index in [0.717, 1.165) is 32.7 Å². The fourth-order valence-corrected chi connectivity index (χ4v) is 2.87. The Morgan fingerprint density at radius 2 is 2.33 bits per heavy atom. The molecule has 2 fully saturated rings. The van der Waals surface area contributed by atoms with Crippen molar-refractivity contribution in [2.75, 3.05) is 39.8 Å². The maximum atomic E-state index is 10.6. The average molecular weight is 256 g/mol. The summed E-state index contributed by atoms with van der Waals surface area (Å²) in [6.45, 7) is 4.77. The van der Waals surface area contributed by atoms with Crippen LogP contribution in [0.15, 0.2) is 0 Å². The van der Waals surface area contributed by atoms with Crippen LogP contribution >= 0.6 is 0 Å². The Balaban J connectivity index is 1.68. The third-order valence-corrected chi connectivity index (χ3v) is 4.04. The van der Waals surface area contributed by atoms with Crippen LogP contribution in [0.4, 0.5) is 0 Å². The minimum Gasteiger partial charge on any atom is -0.481 e. The summed E-state index contributed by atoms with van der Waals surface area (Å²) in [6.07, 6.45) is 4.19. The predicted molar refractivity (Wildman–Crippen MR) is 68.7 cm³/mol. The Morgan fingerprint density at radius 1 is 1.50 bits per heavy atom. The molecule has 0 aromatic rings. The number of carbonyl (C=O) groups is 1. The lowest BCUT2D eigenvalue weighted by Gasteiger charge is -2.25. The Bertz CT molecular complexity index is 279. The number of hydrogen-bond donors (Lipinski definition) is 1. The van der Waals surface area contributed by atoms with E-state index >= 15 is 0 Å². The largest absolute Gasteiger partial charge is 0.481 e. The van der Waals surface area contributed by atoms with Crippen LogP contribution < -0.4 is 0 Å². The molecule has 2 atom stereocenters. The maximum Gasteiger partial charge on any atom is 0.304 e. The number of carboxylic acid groups (broad SMARTS) is 1. The van der Waals surface area contributed by atoms with Gasteiger partial charge < -0.3 is 14.7 Å². The van der Waals surface area contributed by atoms with Crippen LogP contribution in [0.25, 0.3) is 0 Å². The van der Waals surface area contributed by atoms with Crippen LogP contribution in [0.5, 0.6) is 0 Å². The fourth-order valence-electron chi connectivity index (χ4n) is 2.87. The summed E-state index contributed by atoms with van der Waals surface area (Å²) in [5.74, 6) is -0.712. The molecule has 2 rings (SSSR count). The number of carboxylic acids is 1. The maximum absolute atomic E-state index is 10.6. The van der Waals surface area contributed by atoms with Crippen molar-refractivity contribution in [3.05, 3.63) is 0 Å². The second kappa shape index (κ2) is 6.50. The van der Waals surface area contributed by atoms with Gasteiger partial charge in [0.1, 0.15) is 0 Å². The third-order valence-electron chi connectivity index (χ3n) is 4.04. The highest BCUT2D eigenvalue weighted by atomic mass is 16.5. The first kappa shape index (κ1) is 13.8. The molecule has 2 heterocycles. The van der Waals surface area contributed by atoms with E-state index in [1.54, 1.807) is 0 Å². The van der Waals surface area contributed by atoms with Gasteiger partial charge in [0.25, 0.3) is 0 Å². The zero-order valence-corrected chi connectivity index (χ0v) is 11.2. The Hall–Kier alpha value is -0.650. The number of likely N-dealkylation sites (N-methyl/N-ethyl adjacent to an activating group) is 1. The zero-order valence-electron chi connectivity index (χ0n) is 11.2. The van der Waals surface area contributed by atoms with E-state index in [1.807, 2.05) is 7.05 Å². The van der Waals surface area contributed by atoms with Crippen LogP contribution in [-0.4, -0.2) is 72.9 Å². The normalized spacial score (nSPS) is 29.2. The molecule has 1 N–H and O–H groups in total. The summed E-state index contributed by atoms with van der Waals surface area (Å²) in [5.41, 5.74) is 0. The topological polar surface area (TPSA) is 53.0 Å². The van der Waals surface area contributed by atoms with Crippen LogP contribution in [0, 0.1) is 0 Å². The molecule has 5 heteroatoms. The number of likely N-dealkylation sites (tertiary alicyclic amines) is 1. The van der Waals surface area contributed by atoms with E-state index in [1.165, 1.54) is 12.8 Å². The Labute approximate surface area is 109 Å². The summed E-state index contributed by atoms with van der Waals surface area (Å²) in [4.78, 5) is 15.2. The molecule has 0 saturated carbocycles. The van der Waals surface area contributed by atoms with E-state index in [2.05, 4.69) is 9.80 Å².